The van der Waals surface area contributed by atoms with Crippen LogP contribution in [0.15, 0.2) is 30.6 Å². The molecule has 14 heavy (non-hydrogen) atoms. The van der Waals surface area contributed by atoms with Gasteiger partial charge in [-0.05, 0) is 37.6 Å². The van der Waals surface area contributed by atoms with Crippen molar-refractivity contribution in [3.63, 3.8) is 0 Å². The molecule has 0 bridgehead atoms. The van der Waals surface area contributed by atoms with E-state index >= 15 is 0 Å². The Labute approximate surface area is 83.2 Å². The summed E-state index contributed by atoms with van der Waals surface area (Å²) in [5.41, 5.74) is 8.79. The van der Waals surface area contributed by atoms with Crippen LogP contribution in [0.25, 0.3) is 5.69 Å². The number of benzene rings is 1. The fourth-order valence-electron chi connectivity index (χ4n) is 1.58. The van der Waals surface area contributed by atoms with Gasteiger partial charge in [-0.15, -0.1) is 0 Å². The van der Waals surface area contributed by atoms with E-state index in [1.165, 1.54) is 0 Å². The molecule has 0 saturated carbocycles. The third kappa shape index (κ3) is 1.48. The molecule has 0 atom stereocenters. The number of anilines is 1. The summed E-state index contributed by atoms with van der Waals surface area (Å²) in [4.78, 5) is 4.17. The third-order valence-corrected chi connectivity index (χ3v) is 2.19. The summed E-state index contributed by atoms with van der Waals surface area (Å²) in [5.74, 6) is 0.968. The zero-order chi connectivity index (χ0) is 10.1. The number of imidazole rings is 1. The zero-order valence-corrected chi connectivity index (χ0v) is 8.36. The molecule has 72 valence electrons. The summed E-state index contributed by atoms with van der Waals surface area (Å²) in [6.45, 7) is 4.00. The summed E-state index contributed by atoms with van der Waals surface area (Å²) < 4.78 is 2.02. The normalized spacial score (nSPS) is 10.4. The van der Waals surface area contributed by atoms with Crippen LogP contribution in [0.3, 0.4) is 0 Å². The average Bonchev–Trinajstić information content (AvgIpc) is 2.49. The largest absolute Gasteiger partial charge is 0.399 e. The molecule has 0 spiro atoms. The van der Waals surface area contributed by atoms with Gasteiger partial charge in [0.05, 0.1) is 0 Å². The molecule has 1 aromatic heterocycles. The van der Waals surface area contributed by atoms with E-state index in [0.29, 0.717) is 0 Å². The molecule has 3 heteroatoms. The van der Waals surface area contributed by atoms with Crippen LogP contribution in [0.5, 0.6) is 0 Å². The molecular weight excluding hydrogens is 174 g/mol. The molecule has 0 saturated heterocycles. The maximum absolute atomic E-state index is 5.78. The van der Waals surface area contributed by atoms with Gasteiger partial charge in [0, 0.05) is 23.8 Å². The second kappa shape index (κ2) is 3.18. The molecule has 0 aliphatic rings. The van der Waals surface area contributed by atoms with Gasteiger partial charge in [0.25, 0.3) is 0 Å². The Morgan fingerprint density at radius 2 is 2.00 bits per heavy atom. The lowest BCUT2D eigenvalue weighted by molar-refractivity contribution is 0.973. The molecule has 1 heterocycles. The molecule has 1 aromatic carbocycles. The minimum absolute atomic E-state index is 0.785. The van der Waals surface area contributed by atoms with E-state index in [4.69, 9.17) is 5.73 Å². The predicted octanol–water partition coefficient (Wildman–Crippen LogP) is 2.07. The highest BCUT2D eigenvalue weighted by molar-refractivity contribution is 5.51. The van der Waals surface area contributed by atoms with Crippen molar-refractivity contribution < 1.29 is 0 Å². The van der Waals surface area contributed by atoms with E-state index in [9.17, 15) is 0 Å². The first-order chi connectivity index (χ1) is 6.66. The molecule has 2 rings (SSSR count). The lowest BCUT2D eigenvalue weighted by Crippen LogP contribution is -1.97. The van der Waals surface area contributed by atoms with Crippen LogP contribution in [0.2, 0.25) is 0 Å². The minimum atomic E-state index is 0.785. The second-order valence-electron chi connectivity index (χ2n) is 3.45. The highest BCUT2D eigenvalue weighted by Crippen LogP contribution is 2.16. The van der Waals surface area contributed by atoms with Gasteiger partial charge < -0.3 is 10.3 Å². The van der Waals surface area contributed by atoms with Crippen molar-refractivity contribution in [2.45, 2.75) is 13.8 Å². The summed E-state index contributed by atoms with van der Waals surface area (Å²) in [5, 5.41) is 0. The van der Waals surface area contributed by atoms with E-state index in [1.807, 2.05) is 36.7 Å². The molecular formula is C11H13N3. The van der Waals surface area contributed by atoms with Gasteiger partial charge in [-0.2, -0.15) is 0 Å². The van der Waals surface area contributed by atoms with Gasteiger partial charge in [-0.3, -0.25) is 0 Å². The molecule has 0 aliphatic heterocycles. The lowest BCUT2D eigenvalue weighted by Gasteiger charge is -2.07. The zero-order valence-electron chi connectivity index (χ0n) is 8.36. The Bertz CT molecular complexity index is 437. The quantitative estimate of drug-likeness (QED) is 0.694. The van der Waals surface area contributed by atoms with Crippen molar-refractivity contribution in [3.8, 4) is 5.69 Å². The Balaban J connectivity index is 2.57. The number of hydrogen-bond donors (Lipinski definition) is 1. The summed E-state index contributed by atoms with van der Waals surface area (Å²) in [6.07, 6.45) is 3.72. The van der Waals surface area contributed by atoms with E-state index < -0.39 is 0 Å². The third-order valence-electron chi connectivity index (χ3n) is 2.19. The highest BCUT2D eigenvalue weighted by Gasteiger charge is 2.01. The van der Waals surface area contributed by atoms with Crippen molar-refractivity contribution in [1.29, 1.82) is 0 Å². The van der Waals surface area contributed by atoms with Gasteiger partial charge >= 0.3 is 0 Å². The smallest absolute Gasteiger partial charge is 0.110 e. The summed E-state index contributed by atoms with van der Waals surface area (Å²) in [6, 6.07) is 5.99. The molecule has 2 N–H and O–H groups in total. The SMILES string of the molecule is Cc1cc(N)cc(-n2ccnc2C)c1. The number of nitrogens with two attached hydrogens (primary N) is 1. The number of aryl methyl sites for hydroxylation is 2. The Morgan fingerprint density at radius 3 is 2.57 bits per heavy atom. The van der Waals surface area contributed by atoms with Crippen molar-refractivity contribution in [1.82, 2.24) is 9.55 Å². The van der Waals surface area contributed by atoms with Gasteiger partial charge in [0.1, 0.15) is 5.82 Å². The number of rotatable bonds is 1. The highest BCUT2D eigenvalue weighted by atomic mass is 15.1. The van der Waals surface area contributed by atoms with Crippen LogP contribution < -0.4 is 5.73 Å². The van der Waals surface area contributed by atoms with E-state index in [-0.39, 0.29) is 0 Å². The molecule has 0 aliphatic carbocycles. The molecule has 0 fully saturated rings. The van der Waals surface area contributed by atoms with Gasteiger partial charge in [0.15, 0.2) is 0 Å². The number of nitrogens with zero attached hydrogens (tertiary/aromatic N) is 2. The maximum atomic E-state index is 5.78. The number of aromatic nitrogens is 2. The Kier molecular flexibility index (Phi) is 2.00. The lowest BCUT2D eigenvalue weighted by atomic mass is 10.2. The van der Waals surface area contributed by atoms with E-state index in [0.717, 1.165) is 22.8 Å². The topological polar surface area (TPSA) is 43.8 Å². The van der Waals surface area contributed by atoms with Gasteiger partial charge in [-0.1, -0.05) is 0 Å². The van der Waals surface area contributed by atoms with Crippen molar-refractivity contribution >= 4 is 5.69 Å². The Hall–Kier alpha value is -1.77. The van der Waals surface area contributed by atoms with Crippen molar-refractivity contribution in [2.75, 3.05) is 5.73 Å². The number of nitrogen functional groups attached to an aromatic ring is 1. The van der Waals surface area contributed by atoms with Crippen LogP contribution >= 0.6 is 0 Å². The van der Waals surface area contributed by atoms with Crippen molar-refractivity contribution in [2.24, 2.45) is 0 Å². The van der Waals surface area contributed by atoms with Crippen LogP contribution in [-0.2, 0) is 0 Å². The molecule has 2 aromatic rings. The van der Waals surface area contributed by atoms with Crippen molar-refractivity contribution in [3.05, 3.63) is 42.0 Å². The molecule has 0 amide bonds. The van der Waals surface area contributed by atoms with Gasteiger partial charge in [0.2, 0.25) is 0 Å². The predicted molar refractivity (Wildman–Crippen MR) is 57.5 cm³/mol. The summed E-state index contributed by atoms with van der Waals surface area (Å²) in [7, 11) is 0. The first-order valence-electron chi connectivity index (χ1n) is 4.54. The van der Waals surface area contributed by atoms with E-state index in [2.05, 4.69) is 11.1 Å². The van der Waals surface area contributed by atoms with Gasteiger partial charge in [-0.25, -0.2) is 4.98 Å². The minimum Gasteiger partial charge on any atom is -0.399 e. The maximum Gasteiger partial charge on any atom is 0.110 e. The monoisotopic (exact) mass is 187 g/mol. The molecule has 0 unspecified atom stereocenters. The van der Waals surface area contributed by atoms with E-state index in [1.54, 1.807) is 6.20 Å². The second-order valence-corrected chi connectivity index (χ2v) is 3.45. The standard InChI is InChI=1S/C11H13N3/c1-8-5-10(12)7-11(6-8)14-4-3-13-9(14)2/h3-7H,12H2,1-2H3. The van der Waals surface area contributed by atoms with Crippen LogP contribution in [-0.4, -0.2) is 9.55 Å². The van der Waals surface area contributed by atoms with Crippen LogP contribution in [0.4, 0.5) is 5.69 Å². The fourth-order valence-corrected chi connectivity index (χ4v) is 1.58. The number of hydrogen-bond acceptors (Lipinski definition) is 2. The van der Waals surface area contributed by atoms with Crippen LogP contribution in [0.1, 0.15) is 11.4 Å². The molecule has 3 nitrogen and oxygen atoms in total. The fraction of sp³-hybridized carbons (Fsp3) is 0.182. The van der Waals surface area contributed by atoms with Crippen LogP contribution in [0, 0.1) is 13.8 Å². The average molecular weight is 187 g/mol. The first-order valence-corrected chi connectivity index (χ1v) is 4.54. The summed E-state index contributed by atoms with van der Waals surface area (Å²) >= 11 is 0. The Morgan fingerprint density at radius 1 is 1.21 bits per heavy atom. The first kappa shape index (κ1) is 8.81. The molecule has 0 radical (unpaired) electrons.